The Morgan fingerprint density at radius 1 is 1.19 bits per heavy atom. The standard InChI is InChI=1S/C18H19BrClN3O3S/c19-17-9-4-13(11-22-17)12-23(16-3-1-2-10-21-18(16)24)27(25,26)15-7-5-14(20)6-8-15/h4-9,11,16H,1-3,10,12H2,(H,21,24). The molecule has 1 aromatic heterocycles. The highest BCUT2D eigenvalue weighted by molar-refractivity contribution is 9.10. The summed E-state index contributed by atoms with van der Waals surface area (Å²) < 4.78 is 28.6. The number of aromatic nitrogens is 1. The van der Waals surface area contributed by atoms with Gasteiger partial charge in [0.05, 0.1) is 4.90 Å². The van der Waals surface area contributed by atoms with Gasteiger partial charge in [0.1, 0.15) is 10.6 Å². The van der Waals surface area contributed by atoms with Crippen LogP contribution in [0.2, 0.25) is 5.02 Å². The number of nitrogens with one attached hydrogen (secondary N) is 1. The lowest BCUT2D eigenvalue weighted by Crippen LogP contribution is -2.48. The summed E-state index contributed by atoms with van der Waals surface area (Å²) in [6.45, 7) is 0.618. The summed E-state index contributed by atoms with van der Waals surface area (Å²) in [7, 11) is -3.90. The van der Waals surface area contributed by atoms with Crippen molar-refractivity contribution in [1.82, 2.24) is 14.6 Å². The van der Waals surface area contributed by atoms with E-state index in [9.17, 15) is 13.2 Å². The highest BCUT2D eigenvalue weighted by Crippen LogP contribution is 2.26. The molecule has 1 N–H and O–H groups in total. The molecule has 0 spiro atoms. The average Bonchev–Trinajstić information content (AvgIpc) is 2.86. The van der Waals surface area contributed by atoms with Gasteiger partial charge in [0.15, 0.2) is 0 Å². The number of amides is 1. The van der Waals surface area contributed by atoms with E-state index < -0.39 is 16.1 Å². The summed E-state index contributed by atoms with van der Waals surface area (Å²) in [5, 5.41) is 3.26. The summed E-state index contributed by atoms with van der Waals surface area (Å²) in [5.41, 5.74) is 0.702. The lowest BCUT2D eigenvalue weighted by Gasteiger charge is -2.29. The van der Waals surface area contributed by atoms with Gasteiger partial charge in [0.2, 0.25) is 15.9 Å². The molecule has 1 unspecified atom stereocenters. The minimum Gasteiger partial charge on any atom is -0.355 e. The molecule has 1 aliphatic rings. The first-order chi connectivity index (χ1) is 12.9. The van der Waals surface area contributed by atoms with Crippen molar-refractivity contribution in [1.29, 1.82) is 0 Å². The number of pyridine rings is 1. The second-order valence-corrected chi connectivity index (χ2v) is 9.44. The van der Waals surface area contributed by atoms with E-state index in [4.69, 9.17) is 11.6 Å². The number of rotatable bonds is 5. The number of carbonyl (C=O) groups excluding carboxylic acids is 1. The van der Waals surface area contributed by atoms with Crippen molar-refractivity contribution < 1.29 is 13.2 Å². The second kappa shape index (κ2) is 8.68. The molecule has 0 aliphatic carbocycles. The van der Waals surface area contributed by atoms with Crippen molar-refractivity contribution in [2.45, 2.75) is 36.7 Å². The lowest BCUT2D eigenvalue weighted by molar-refractivity contribution is -0.124. The maximum Gasteiger partial charge on any atom is 0.244 e. The van der Waals surface area contributed by atoms with E-state index in [2.05, 4.69) is 26.2 Å². The zero-order chi connectivity index (χ0) is 19.4. The summed E-state index contributed by atoms with van der Waals surface area (Å²) in [6, 6.07) is 8.74. The highest BCUT2D eigenvalue weighted by atomic mass is 79.9. The van der Waals surface area contributed by atoms with Crippen LogP contribution in [0, 0.1) is 0 Å². The van der Waals surface area contributed by atoms with Crippen LogP contribution in [0.5, 0.6) is 0 Å². The number of carbonyl (C=O) groups is 1. The van der Waals surface area contributed by atoms with Crippen LogP contribution < -0.4 is 5.32 Å². The molecule has 144 valence electrons. The van der Waals surface area contributed by atoms with Gasteiger partial charge in [0.25, 0.3) is 0 Å². The predicted octanol–water partition coefficient (Wildman–Crippen LogP) is 3.36. The molecular formula is C18H19BrClN3O3S. The van der Waals surface area contributed by atoms with Crippen LogP contribution in [-0.4, -0.2) is 36.2 Å². The minimum absolute atomic E-state index is 0.0589. The Hall–Kier alpha value is -1.48. The molecule has 2 heterocycles. The zero-order valence-corrected chi connectivity index (χ0v) is 17.6. The van der Waals surface area contributed by atoms with Crippen LogP contribution in [0.1, 0.15) is 24.8 Å². The molecule has 1 aliphatic heterocycles. The first-order valence-electron chi connectivity index (χ1n) is 8.53. The fraction of sp³-hybridized carbons (Fsp3) is 0.333. The molecule has 1 atom stereocenters. The summed E-state index contributed by atoms with van der Waals surface area (Å²) in [6.07, 6.45) is 3.68. The van der Waals surface area contributed by atoms with Gasteiger partial charge in [-0.3, -0.25) is 4.79 Å². The van der Waals surface area contributed by atoms with Gasteiger partial charge >= 0.3 is 0 Å². The first kappa shape index (κ1) is 20.3. The molecule has 2 aromatic rings. The SMILES string of the molecule is O=C1NCCCCC1N(Cc1ccc(Br)nc1)S(=O)(=O)c1ccc(Cl)cc1. The van der Waals surface area contributed by atoms with E-state index in [1.165, 1.54) is 28.6 Å². The second-order valence-electron chi connectivity index (χ2n) is 6.30. The topological polar surface area (TPSA) is 79.4 Å². The number of nitrogens with zero attached hydrogens (tertiary/aromatic N) is 2. The van der Waals surface area contributed by atoms with Gasteiger partial charge in [-0.1, -0.05) is 17.7 Å². The average molecular weight is 473 g/mol. The third-order valence-electron chi connectivity index (χ3n) is 4.40. The number of benzene rings is 1. The van der Waals surface area contributed by atoms with Crippen molar-refractivity contribution in [2.75, 3.05) is 6.54 Å². The summed E-state index contributed by atoms with van der Waals surface area (Å²) in [5.74, 6) is -0.268. The fourth-order valence-electron chi connectivity index (χ4n) is 2.98. The molecule has 1 aromatic carbocycles. The molecule has 0 saturated carbocycles. The van der Waals surface area contributed by atoms with Gasteiger partial charge in [-0.15, -0.1) is 0 Å². The van der Waals surface area contributed by atoms with E-state index in [0.717, 1.165) is 12.8 Å². The molecule has 0 bridgehead atoms. The number of hydrogen-bond acceptors (Lipinski definition) is 4. The van der Waals surface area contributed by atoms with Gasteiger partial charge in [-0.2, -0.15) is 4.31 Å². The Bertz CT molecular complexity index is 904. The summed E-state index contributed by atoms with van der Waals surface area (Å²) >= 11 is 9.17. The largest absolute Gasteiger partial charge is 0.355 e. The van der Waals surface area contributed by atoms with Crippen molar-refractivity contribution >= 4 is 43.5 Å². The molecule has 0 radical (unpaired) electrons. The van der Waals surface area contributed by atoms with E-state index >= 15 is 0 Å². The predicted molar refractivity (Wildman–Crippen MR) is 107 cm³/mol. The van der Waals surface area contributed by atoms with E-state index in [0.29, 0.717) is 28.2 Å². The van der Waals surface area contributed by atoms with Gasteiger partial charge in [-0.05, 0) is 71.1 Å². The maximum atomic E-state index is 13.3. The molecule has 6 nitrogen and oxygen atoms in total. The molecule has 3 rings (SSSR count). The molecular weight excluding hydrogens is 454 g/mol. The lowest BCUT2D eigenvalue weighted by atomic mass is 10.1. The third-order valence-corrected chi connectivity index (χ3v) is 6.99. The van der Waals surface area contributed by atoms with E-state index in [1.54, 1.807) is 18.3 Å². The normalized spacial score (nSPS) is 18.2. The van der Waals surface area contributed by atoms with Crippen LogP contribution in [0.3, 0.4) is 0 Å². The number of halogens is 2. The van der Waals surface area contributed by atoms with Crippen molar-refractivity contribution in [2.24, 2.45) is 0 Å². The maximum absolute atomic E-state index is 13.3. The number of sulfonamides is 1. The van der Waals surface area contributed by atoms with Crippen LogP contribution in [-0.2, 0) is 21.4 Å². The molecule has 1 saturated heterocycles. The highest BCUT2D eigenvalue weighted by Gasteiger charge is 2.36. The quantitative estimate of drug-likeness (QED) is 0.677. The molecule has 9 heteroatoms. The Kier molecular flexibility index (Phi) is 6.52. The van der Waals surface area contributed by atoms with Crippen LogP contribution >= 0.6 is 27.5 Å². The zero-order valence-electron chi connectivity index (χ0n) is 14.4. The van der Waals surface area contributed by atoms with Crippen molar-refractivity contribution in [3.63, 3.8) is 0 Å². The Morgan fingerprint density at radius 3 is 2.59 bits per heavy atom. The van der Waals surface area contributed by atoms with Gasteiger partial charge in [-0.25, -0.2) is 13.4 Å². The summed E-state index contributed by atoms with van der Waals surface area (Å²) in [4.78, 5) is 16.8. The Morgan fingerprint density at radius 2 is 1.93 bits per heavy atom. The Balaban J connectivity index is 2.01. The van der Waals surface area contributed by atoms with Gasteiger partial charge < -0.3 is 5.32 Å². The minimum atomic E-state index is -3.90. The molecule has 27 heavy (non-hydrogen) atoms. The van der Waals surface area contributed by atoms with E-state index in [-0.39, 0.29) is 17.3 Å². The van der Waals surface area contributed by atoms with Crippen molar-refractivity contribution in [3.8, 4) is 0 Å². The first-order valence-corrected chi connectivity index (χ1v) is 11.1. The molecule has 1 fully saturated rings. The third kappa shape index (κ3) is 4.87. The van der Waals surface area contributed by atoms with Gasteiger partial charge in [0, 0.05) is 24.3 Å². The smallest absolute Gasteiger partial charge is 0.244 e. The molecule has 1 amide bonds. The number of hydrogen-bond donors (Lipinski definition) is 1. The van der Waals surface area contributed by atoms with Crippen molar-refractivity contribution in [3.05, 3.63) is 57.8 Å². The fourth-order valence-corrected chi connectivity index (χ4v) is 4.95. The van der Waals surface area contributed by atoms with E-state index in [1.807, 2.05) is 0 Å². The van der Waals surface area contributed by atoms with Crippen LogP contribution in [0.4, 0.5) is 0 Å². The van der Waals surface area contributed by atoms with Crippen LogP contribution in [0.25, 0.3) is 0 Å². The van der Waals surface area contributed by atoms with Crippen LogP contribution in [0.15, 0.2) is 52.1 Å². The Labute approximate surface area is 172 Å². The monoisotopic (exact) mass is 471 g/mol.